The Kier molecular flexibility index (Phi) is 5.27. The van der Waals surface area contributed by atoms with Crippen LogP contribution < -0.4 is 4.90 Å². The zero-order chi connectivity index (χ0) is 23.8. The number of hydrogen-bond donors (Lipinski definition) is 0. The van der Waals surface area contributed by atoms with Crippen LogP contribution in [0.3, 0.4) is 0 Å². The number of nitrogens with zero attached hydrogens (tertiary/aromatic N) is 3. The fraction of sp³-hybridized carbons (Fsp3) is 0.0968. The Morgan fingerprint density at radius 3 is 2.14 bits per heavy atom. The van der Waals surface area contributed by atoms with Crippen LogP contribution in [0, 0.1) is 0 Å². The van der Waals surface area contributed by atoms with E-state index in [2.05, 4.69) is 78.3 Å². The quantitative estimate of drug-likeness (QED) is 0.261. The second kappa shape index (κ2) is 8.73. The average molecular weight is 456 g/mol. The molecule has 0 aliphatic rings. The Morgan fingerprint density at radius 1 is 0.657 bits per heavy atom. The molecule has 0 N–H and O–H groups in total. The van der Waals surface area contributed by atoms with E-state index in [-0.39, 0.29) is 0 Å². The summed E-state index contributed by atoms with van der Waals surface area (Å²) in [6.45, 7) is 4.42. The van der Waals surface area contributed by atoms with Gasteiger partial charge in [0.25, 0.3) is 0 Å². The van der Waals surface area contributed by atoms with E-state index < -0.39 is 0 Å². The first-order chi connectivity index (χ1) is 17.2. The molecule has 0 amide bonds. The van der Waals surface area contributed by atoms with Gasteiger partial charge in [-0.15, -0.1) is 0 Å². The van der Waals surface area contributed by atoms with Gasteiger partial charge in [-0.3, -0.25) is 9.97 Å². The van der Waals surface area contributed by atoms with Crippen molar-refractivity contribution < 1.29 is 4.42 Å². The normalized spacial score (nSPS) is 11.4. The lowest BCUT2D eigenvalue weighted by atomic mass is 10.0. The summed E-state index contributed by atoms with van der Waals surface area (Å²) in [6, 6.07) is 33.2. The number of rotatable bonds is 5. The van der Waals surface area contributed by atoms with Gasteiger partial charge >= 0.3 is 0 Å². The molecule has 35 heavy (non-hydrogen) atoms. The minimum absolute atomic E-state index is 0.468. The van der Waals surface area contributed by atoms with E-state index in [1.807, 2.05) is 48.7 Å². The van der Waals surface area contributed by atoms with Gasteiger partial charge in [0.15, 0.2) is 5.58 Å². The third-order valence-corrected chi connectivity index (χ3v) is 6.38. The fourth-order valence-corrected chi connectivity index (χ4v) is 4.53. The molecule has 3 heterocycles. The number of benzene rings is 3. The first-order valence-electron chi connectivity index (χ1n) is 11.9. The molecule has 0 spiro atoms. The molecule has 3 aromatic heterocycles. The Morgan fingerprint density at radius 2 is 1.40 bits per heavy atom. The van der Waals surface area contributed by atoms with Crippen molar-refractivity contribution in [2.75, 3.05) is 4.90 Å². The second-order valence-corrected chi connectivity index (χ2v) is 8.95. The van der Waals surface area contributed by atoms with E-state index in [0.717, 1.165) is 50.4 Å². The van der Waals surface area contributed by atoms with Crippen molar-refractivity contribution in [3.63, 3.8) is 0 Å². The second-order valence-electron chi connectivity index (χ2n) is 8.95. The highest BCUT2D eigenvalue weighted by atomic mass is 16.3. The summed E-state index contributed by atoms with van der Waals surface area (Å²) in [7, 11) is 0. The largest absolute Gasteiger partial charge is 0.454 e. The van der Waals surface area contributed by atoms with Crippen molar-refractivity contribution in [3.8, 4) is 11.4 Å². The van der Waals surface area contributed by atoms with Gasteiger partial charge in [0.2, 0.25) is 0 Å². The number of aromatic nitrogens is 2. The number of para-hydroxylation sites is 2. The van der Waals surface area contributed by atoms with Crippen molar-refractivity contribution in [2.45, 2.75) is 19.8 Å². The molecule has 6 aromatic rings. The van der Waals surface area contributed by atoms with Crippen LogP contribution in [0.15, 0.2) is 114 Å². The Balaban J connectivity index is 1.53. The predicted molar refractivity (Wildman–Crippen MR) is 144 cm³/mol. The van der Waals surface area contributed by atoms with Gasteiger partial charge in [-0.2, -0.15) is 0 Å². The van der Waals surface area contributed by atoms with Crippen molar-refractivity contribution in [1.29, 1.82) is 0 Å². The molecular formula is C31H25N3O. The Bertz CT molecular complexity index is 1600. The average Bonchev–Trinajstić information content (AvgIpc) is 3.30. The van der Waals surface area contributed by atoms with E-state index in [0.29, 0.717) is 5.92 Å². The van der Waals surface area contributed by atoms with E-state index >= 15 is 0 Å². The van der Waals surface area contributed by atoms with Gasteiger partial charge in [-0.05, 0) is 60.0 Å². The zero-order valence-corrected chi connectivity index (χ0v) is 19.7. The van der Waals surface area contributed by atoms with Crippen LogP contribution in [0.4, 0.5) is 17.1 Å². The summed E-state index contributed by atoms with van der Waals surface area (Å²) in [4.78, 5) is 11.4. The Hall–Kier alpha value is -4.44. The molecular weight excluding hydrogens is 430 g/mol. The summed E-state index contributed by atoms with van der Waals surface area (Å²) >= 11 is 0. The molecule has 0 aliphatic carbocycles. The third kappa shape index (κ3) is 3.83. The summed E-state index contributed by atoms with van der Waals surface area (Å²) in [5.74, 6) is 0.468. The molecule has 0 atom stereocenters. The highest BCUT2D eigenvalue weighted by molar-refractivity contribution is 6.10. The SMILES string of the molecule is CC(C)c1ccc(N(c2ccc(-c3ccccn3)nc2)c2cccc3c2oc2ccccc23)cc1. The molecule has 3 aromatic carbocycles. The molecule has 0 aliphatic heterocycles. The highest BCUT2D eigenvalue weighted by Gasteiger charge is 2.19. The van der Waals surface area contributed by atoms with Crippen molar-refractivity contribution in [1.82, 2.24) is 9.97 Å². The topological polar surface area (TPSA) is 42.2 Å². The summed E-state index contributed by atoms with van der Waals surface area (Å²) in [5.41, 5.74) is 7.72. The number of pyridine rings is 2. The van der Waals surface area contributed by atoms with Crippen LogP contribution in [-0.2, 0) is 0 Å². The van der Waals surface area contributed by atoms with Crippen LogP contribution in [0.2, 0.25) is 0 Å². The van der Waals surface area contributed by atoms with E-state index in [9.17, 15) is 0 Å². The first-order valence-corrected chi connectivity index (χ1v) is 11.9. The first kappa shape index (κ1) is 21.1. The molecule has 0 bridgehead atoms. The third-order valence-electron chi connectivity index (χ3n) is 6.38. The number of anilines is 3. The molecule has 6 rings (SSSR count). The van der Waals surface area contributed by atoms with Crippen molar-refractivity contribution in [2.24, 2.45) is 0 Å². The van der Waals surface area contributed by atoms with Crippen molar-refractivity contribution >= 4 is 39.0 Å². The molecule has 0 fully saturated rings. The lowest BCUT2D eigenvalue weighted by Crippen LogP contribution is -2.11. The number of hydrogen-bond acceptors (Lipinski definition) is 4. The van der Waals surface area contributed by atoms with Gasteiger partial charge in [0.05, 0.1) is 29.0 Å². The summed E-state index contributed by atoms with van der Waals surface area (Å²) in [5, 5.41) is 2.21. The van der Waals surface area contributed by atoms with Gasteiger partial charge in [0, 0.05) is 22.7 Å². The lowest BCUT2D eigenvalue weighted by Gasteiger charge is -2.25. The Labute approximate surface area is 204 Å². The van der Waals surface area contributed by atoms with E-state index in [4.69, 9.17) is 9.40 Å². The van der Waals surface area contributed by atoms with E-state index in [1.165, 1.54) is 5.56 Å². The standard InChI is InChI=1S/C31H25N3O/c1-21(2)22-13-15-23(16-14-22)34(24-17-18-28(33-20-24)27-10-5-6-19-32-27)29-11-7-9-26-25-8-3-4-12-30(25)35-31(26)29/h3-21H,1-2H3. The smallest absolute Gasteiger partial charge is 0.159 e. The fourth-order valence-electron chi connectivity index (χ4n) is 4.53. The summed E-state index contributed by atoms with van der Waals surface area (Å²) in [6.07, 6.45) is 3.69. The number of furan rings is 1. The van der Waals surface area contributed by atoms with Crippen LogP contribution >= 0.6 is 0 Å². The van der Waals surface area contributed by atoms with Gasteiger partial charge < -0.3 is 9.32 Å². The zero-order valence-electron chi connectivity index (χ0n) is 19.7. The highest BCUT2D eigenvalue weighted by Crippen LogP contribution is 2.42. The maximum absolute atomic E-state index is 6.39. The summed E-state index contributed by atoms with van der Waals surface area (Å²) < 4.78 is 6.39. The lowest BCUT2D eigenvalue weighted by molar-refractivity contribution is 0.669. The molecule has 0 saturated carbocycles. The molecule has 0 unspecified atom stereocenters. The van der Waals surface area contributed by atoms with Crippen molar-refractivity contribution in [3.05, 3.63) is 115 Å². The molecule has 4 heteroatoms. The number of fused-ring (bicyclic) bond motifs is 3. The maximum atomic E-state index is 6.39. The van der Waals surface area contributed by atoms with Crippen LogP contribution in [0.5, 0.6) is 0 Å². The molecule has 0 radical (unpaired) electrons. The predicted octanol–water partition coefficient (Wildman–Crippen LogP) is 8.64. The molecule has 0 saturated heterocycles. The van der Waals surface area contributed by atoms with Crippen LogP contribution in [0.1, 0.15) is 25.3 Å². The van der Waals surface area contributed by atoms with Gasteiger partial charge in [0.1, 0.15) is 5.58 Å². The molecule has 4 nitrogen and oxygen atoms in total. The molecule has 170 valence electrons. The minimum Gasteiger partial charge on any atom is -0.454 e. The van der Waals surface area contributed by atoms with Crippen LogP contribution in [0.25, 0.3) is 33.3 Å². The maximum Gasteiger partial charge on any atom is 0.159 e. The van der Waals surface area contributed by atoms with Crippen LogP contribution in [-0.4, -0.2) is 9.97 Å². The van der Waals surface area contributed by atoms with Gasteiger partial charge in [-0.1, -0.05) is 62.4 Å². The monoisotopic (exact) mass is 455 g/mol. The minimum atomic E-state index is 0.468. The van der Waals surface area contributed by atoms with E-state index in [1.54, 1.807) is 6.20 Å². The van der Waals surface area contributed by atoms with Gasteiger partial charge in [-0.25, -0.2) is 0 Å².